The van der Waals surface area contributed by atoms with Gasteiger partial charge in [-0.15, -0.1) is 23.4 Å². The van der Waals surface area contributed by atoms with Crippen LogP contribution in [-0.2, 0) is 52.1 Å². The van der Waals surface area contributed by atoms with Gasteiger partial charge in [-0.3, -0.25) is 4.79 Å². The van der Waals surface area contributed by atoms with Crippen LogP contribution in [0.1, 0.15) is 100 Å². The largest absolute Gasteiger partial charge is 0.496 e. The third-order valence-corrected chi connectivity index (χ3v) is 21.4. The van der Waals surface area contributed by atoms with E-state index in [1.54, 1.807) is 44.1 Å². The molecule has 0 saturated carbocycles. The van der Waals surface area contributed by atoms with Crippen molar-refractivity contribution in [1.82, 2.24) is 10.6 Å². The highest BCUT2D eigenvalue weighted by atomic mass is 33.3. The minimum absolute atomic E-state index is 0.00630. The molecule has 22 heteroatoms. The normalized spacial score (nSPS) is 12.0. The Morgan fingerprint density at radius 1 is 0.519 bits per heavy atom. The number of esters is 2. The predicted molar refractivity (Wildman–Crippen MR) is 441 cm³/mol. The van der Waals surface area contributed by atoms with Gasteiger partial charge in [0.15, 0.2) is 0 Å². The summed E-state index contributed by atoms with van der Waals surface area (Å²) in [5.74, 6) is 0.457. The summed E-state index contributed by atoms with van der Waals surface area (Å²) < 4.78 is 31.4. The van der Waals surface area contributed by atoms with E-state index >= 15 is 0 Å². The van der Waals surface area contributed by atoms with Crippen LogP contribution in [0.2, 0.25) is 0 Å². The van der Waals surface area contributed by atoms with Crippen molar-refractivity contribution in [3.05, 3.63) is 310 Å². The van der Waals surface area contributed by atoms with Crippen molar-refractivity contribution in [1.29, 1.82) is 0 Å². The summed E-state index contributed by atoms with van der Waals surface area (Å²) in [7, 11) is 11.0. The van der Waals surface area contributed by atoms with Crippen molar-refractivity contribution in [2.45, 2.75) is 61.8 Å². The highest BCUT2D eigenvalue weighted by Gasteiger charge is 2.40. The molecule has 108 heavy (non-hydrogen) atoms. The Labute approximate surface area is 646 Å². The van der Waals surface area contributed by atoms with Gasteiger partial charge < -0.3 is 59.5 Å². The van der Waals surface area contributed by atoms with Crippen LogP contribution in [0.25, 0.3) is 33.4 Å². The van der Waals surface area contributed by atoms with Crippen molar-refractivity contribution < 1.29 is 72.8 Å². The Balaban J connectivity index is 0.000000213. The number of benzene rings is 10. The van der Waals surface area contributed by atoms with Crippen LogP contribution in [0.3, 0.4) is 0 Å². The summed E-state index contributed by atoms with van der Waals surface area (Å²) in [4.78, 5) is 60.3. The zero-order valence-corrected chi connectivity index (χ0v) is 66.0. The van der Waals surface area contributed by atoms with Gasteiger partial charge in [0.05, 0.1) is 32.2 Å². The Morgan fingerprint density at radius 2 is 0.880 bits per heavy atom. The number of amides is 2. The zero-order valence-electron chi connectivity index (χ0n) is 61.5. The number of hydrogen-bond donors (Lipinski definition) is 7. The summed E-state index contributed by atoms with van der Waals surface area (Å²) in [6.07, 6.45) is 0.444. The smallest absolute Gasteiger partial charge is 0.407 e. The zero-order chi connectivity index (χ0) is 78.0. The van der Waals surface area contributed by atoms with Gasteiger partial charge in [-0.05, 0) is 109 Å². The molecular weight excluding hydrogens is 1460 g/mol. The molecule has 13 rings (SSSR count). The number of rotatable bonds is 22. The Kier molecular flexibility index (Phi) is 34.9. The van der Waals surface area contributed by atoms with Crippen LogP contribution in [0.15, 0.2) is 255 Å². The number of ether oxygens (including phenoxy) is 6. The fraction of sp³-hybridized carbons (Fsp3) is 0.244. The van der Waals surface area contributed by atoms with E-state index in [1.165, 1.54) is 51.6 Å². The minimum atomic E-state index is -2.00. The fourth-order valence-electron chi connectivity index (χ4n) is 12.9. The van der Waals surface area contributed by atoms with Crippen LogP contribution in [0.4, 0.5) is 9.59 Å². The maximum absolute atomic E-state index is 13.2. The third kappa shape index (κ3) is 22.1. The quantitative estimate of drug-likeness (QED) is 0.00634. The van der Waals surface area contributed by atoms with Gasteiger partial charge in [-0.2, -0.15) is 0 Å². The lowest BCUT2D eigenvalue weighted by Gasteiger charge is -2.36. The number of carbonyl (C=O) groups is 5. The summed E-state index contributed by atoms with van der Waals surface area (Å²) >= 11 is 5.75. The Morgan fingerprint density at radius 3 is 1.22 bits per heavy atom. The van der Waals surface area contributed by atoms with E-state index < -0.39 is 42.8 Å². The number of thioether (sulfide) groups is 1. The van der Waals surface area contributed by atoms with Gasteiger partial charge in [0, 0.05) is 62.8 Å². The second kappa shape index (κ2) is 44.0. The molecule has 17 nitrogen and oxygen atoms in total. The van der Waals surface area contributed by atoms with Crippen molar-refractivity contribution in [3.63, 3.8) is 0 Å². The van der Waals surface area contributed by atoms with Gasteiger partial charge >= 0.3 is 23.3 Å². The summed E-state index contributed by atoms with van der Waals surface area (Å²) in [6, 6.07) is 84.2. The number of nitrogens with one attached hydrogen (secondary N) is 2. The number of alkyl carbamates (subject to hydrolysis) is 1. The van der Waals surface area contributed by atoms with Crippen molar-refractivity contribution in [2.75, 3.05) is 74.3 Å². The molecule has 1 atom stereocenters. The summed E-state index contributed by atoms with van der Waals surface area (Å²) in [6.45, 7) is 4.57. The lowest BCUT2D eigenvalue weighted by atomic mass is 9.84. The van der Waals surface area contributed by atoms with Gasteiger partial charge in [0.2, 0.25) is 5.91 Å². The first-order valence-electron chi connectivity index (χ1n) is 35.0. The minimum Gasteiger partial charge on any atom is -0.496 e. The highest BCUT2D eigenvalue weighted by molar-refractivity contribution is 8.90. The molecule has 3 aliphatic carbocycles. The summed E-state index contributed by atoms with van der Waals surface area (Å²) in [5, 5.41) is 36.8. The lowest BCUT2D eigenvalue weighted by molar-refractivity contribution is -0.147. The molecule has 0 aliphatic heterocycles. The second-order valence-corrected chi connectivity index (χ2v) is 35.2. The first-order valence-corrected chi connectivity index (χ1v) is 41.1. The van der Waals surface area contributed by atoms with E-state index in [0.717, 1.165) is 58.7 Å². The standard InChI is InChI=1S/C38H33NO4S.C16H14O3.C15H14O2P2S2.C13H19NO4.C2H6.2CH4O/c1-42-36(40)35(39-37(41)43-25-34-32-23-13-11-21-30(32)31-22-12-14-24-33(31)34)26-44-38(27-15-5-2-6-16-27,28-17-7-3-8-18-28)29-19-9-4-10-20-29;17-9-16(18)19-10-15-13-7-3-1-5-11(13)12-6-2-4-8-14(12)15;16-15(21(18,19)20)17-9-14-12-7-3-1-5-10(12)11-6-2-4-8-13(11)14;1-14-13(16)4-3-7-18-11-6-5-10(9-15)12(8-11)17-2;3*1-2/h2-24,34-35H,25-26H2,1H3,(H,39,41);1-8,15,17H,9-10H2;1-8,14,18-20H,9H2;5-6,8,15H,3-4,7,9H2,1-2H3,(H,14,16);1-2H3;2*2H,1H3/t35-;;;;;;/m0....../s1. The molecule has 2 amide bonds. The van der Waals surface area contributed by atoms with Crippen molar-refractivity contribution >= 4 is 76.1 Å². The molecule has 566 valence electrons. The molecule has 0 fully saturated rings. The van der Waals surface area contributed by atoms with Gasteiger partial charge in [-0.25, -0.2) is 19.2 Å². The van der Waals surface area contributed by atoms with Crippen LogP contribution in [0.5, 0.6) is 11.5 Å². The van der Waals surface area contributed by atoms with Gasteiger partial charge in [-0.1, -0.05) is 266 Å². The van der Waals surface area contributed by atoms with Crippen molar-refractivity contribution in [3.8, 4) is 44.9 Å². The van der Waals surface area contributed by atoms with Crippen LogP contribution < -0.4 is 20.1 Å². The van der Waals surface area contributed by atoms with Crippen molar-refractivity contribution in [2.24, 2.45) is 0 Å². The van der Waals surface area contributed by atoms with Crippen LogP contribution in [0, 0.1) is 0 Å². The van der Waals surface area contributed by atoms with E-state index in [4.69, 9.17) is 48.8 Å². The first kappa shape index (κ1) is 85.7. The average Bonchev–Trinajstić information content (AvgIpc) is 1.03. The van der Waals surface area contributed by atoms with E-state index in [9.17, 15) is 24.0 Å². The molecule has 6 N–H and O–H groups in total. The van der Waals surface area contributed by atoms with E-state index in [2.05, 4.69) is 148 Å². The number of thiol groups is 1. The highest BCUT2D eigenvalue weighted by Crippen LogP contribution is 2.50. The topological polar surface area (TPSA) is 246 Å². The van der Waals surface area contributed by atoms with Crippen LogP contribution >= 0.6 is 39.5 Å². The number of aliphatic hydroxyl groups excluding tert-OH is 4. The van der Waals surface area contributed by atoms with Gasteiger partial charge in [0.25, 0.3) is 0 Å². The van der Waals surface area contributed by atoms with E-state index in [0.29, 0.717) is 37.6 Å². The molecule has 0 heterocycles. The third-order valence-electron chi connectivity index (χ3n) is 17.7. The maximum atomic E-state index is 13.2. The number of hydrogen-bond acceptors (Lipinski definition) is 16. The lowest BCUT2D eigenvalue weighted by Crippen LogP contribution is -2.45. The number of aliphatic hydroxyl groups is 4. The average molecular weight is 1550 g/mol. The molecule has 0 spiro atoms. The molecule has 0 bridgehead atoms. The fourth-order valence-corrected chi connectivity index (χ4v) is 15.2. The van der Waals surface area contributed by atoms with Gasteiger partial charge in [0.1, 0.15) is 44.0 Å². The summed E-state index contributed by atoms with van der Waals surface area (Å²) in [5.41, 5.74) is 18.0. The maximum Gasteiger partial charge on any atom is 0.407 e. The molecular formula is C86H94N2O15P2S3. The molecule has 3 aliphatic rings. The first-order chi connectivity index (χ1) is 52.6. The molecule has 0 aromatic heterocycles. The van der Waals surface area contributed by atoms with E-state index in [1.807, 2.05) is 141 Å². The predicted octanol–water partition coefficient (Wildman–Crippen LogP) is 16.5. The Hall–Kier alpha value is -9.56. The monoisotopic (exact) mass is 1550 g/mol. The van der Waals surface area contributed by atoms with E-state index in [-0.39, 0.29) is 54.5 Å². The Bertz CT molecular complexity index is 4420. The second-order valence-electron chi connectivity index (χ2n) is 23.8. The number of fused-ring (bicyclic) bond motifs is 9. The number of methoxy groups -OCH3 is 2. The van der Waals surface area contributed by atoms with Crippen LogP contribution in [-0.4, -0.2) is 130 Å². The molecule has 0 unspecified atom stereocenters. The SMILES string of the molecule is CC.CNC(=O)CCCOc1ccc(CO)c(OC)c1.CO.CO.COC(=O)[C@H](CSC(c1ccccc1)(c1ccccc1)c1ccccc1)NC(=O)OCC1c2ccccc2-c2ccccc21.O=C(CO)OCC1c2ccccc2-c2ccccc21.O=C(OCC1c2ccccc2-c2ccccc21)S(=P)(=P)S. The molecule has 0 radical (unpaired) electrons. The molecule has 10 aromatic rings. The number of carbonyl (C=O) groups excluding carboxylic acids is 5. The molecule has 10 aromatic carbocycles. The molecule has 0 saturated heterocycles.